The molecule has 1 aromatic rings. The lowest BCUT2D eigenvalue weighted by atomic mass is 10.0. The molecule has 2 saturated heterocycles. The molecule has 1 unspecified atom stereocenters. The lowest BCUT2D eigenvalue weighted by molar-refractivity contribution is 0.648. The molecule has 0 aliphatic carbocycles. The van der Waals surface area contributed by atoms with Gasteiger partial charge in [0.15, 0.2) is 0 Å². The first-order valence-corrected chi connectivity index (χ1v) is 7.00. The SMILES string of the molecule is Clc1cc(C2CCCN2)ccc1N1CCCC1. The summed E-state index contributed by atoms with van der Waals surface area (Å²) in [6, 6.07) is 7.10. The zero-order valence-corrected chi connectivity index (χ0v) is 10.8. The lowest BCUT2D eigenvalue weighted by Gasteiger charge is -2.20. The number of nitrogens with one attached hydrogen (secondary N) is 1. The number of anilines is 1. The number of nitrogens with zero attached hydrogens (tertiary/aromatic N) is 1. The molecule has 92 valence electrons. The van der Waals surface area contributed by atoms with Gasteiger partial charge in [-0.2, -0.15) is 0 Å². The third-order valence-electron chi connectivity index (χ3n) is 3.88. The van der Waals surface area contributed by atoms with Crippen molar-refractivity contribution in [3.63, 3.8) is 0 Å². The van der Waals surface area contributed by atoms with Crippen LogP contribution in [0.25, 0.3) is 0 Å². The Kier molecular flexibility index (Phi) is 3.26. The molecule has 2 nitrogen and oxygen atoms in total. The third kappa shape index (κ3) is 2.29. The van der Waals surface area contributed by atoms with E-state index >= 15 is 0 Å². The van der Waals surface area contributed by atoms with E-state index in [1.54, 1.807) is 0 Å². The van der Waals surface area contributed by atoms with Crippen molar-refractivity contribution in [2.45, 2.75) is 31.7 Å². The van der Waals surface area contributed by atoms with E-state index in [1.807, 2.05) is 0 Å². The Labute approximate surface area is 108 Å². The standard InChI is InChI=1S/C14H19ClN2/c15-12-10-11(13-4-3-7-16-13)5-6-14(12)17-8-1-2-9-17/h5-6,10,13,16H,1-4,7-9H2. The van der Waals surface area contributed by atoms with Gasteiger partial charge in [0, 0.05) is 19.1 Å². The minimum absolute atomic E-state index is 0.514. The molecule has 1 aromatic carbocycles. The third-order valence-corrected chi connectivity index (χ3v) is 4.18. The second-order valence-electron chi connectivity index (χ2n) is 5.05. The molecule has 0 radical (unpaired) electrons. The van der Waals surface area contributed by atoms with Gasteiger partial charge in [-0.15, -0.1) is 0 Å². The summed E-state index contributed by atoms with van der Waals surface area (Å²) in [5.74, 6) is 0. The van der Waals surface area contributed by atoms with E-state index in [1.165, 1.54) is 36.9 Å². The zero-order valence-electron chi connectivity index (χ0n) is 10.1. The van der Waals surface area contributed by atoms with Crippen LogP contribution in [0.2, 0.25) is 5.02 Å². The van der Waals surface area contributed by atoms with Crippen LogP contribution < -0.4 is 10.2 Å². The van der Waals surface area contributed by atoms with E-state index in [0.29, 0.717) is 6.04 Å². The first-order chi connectivity index (χ1) is 8.34. The largest absolute Gasteiger partial charge is 0.370 e. The van der Waals surface area contributed by atoms with Gasteiger partial charge < -0.3 is 10.2 Å². The topological polar surface area (TPSA) is 15.3 Å². The molecule has 2 fully saturated rings. The number of hydrogen-bond donors (Lipinski definition) is 1. The van der Waals surface area contributed by atoms with Crippen LogP contribution in [-0.2, 0) is 0 Å². The fourth-order valence-corrected chi connectivity index (χ4v) is 3.23. The molecule has 17 heavy (non-hydrogen) atoms. The first kappa shape index (κ1) is 11.4. The van der Waals surface area contributed by atoms with Crippen molar-refractivity contribution < 1.29 is 0 Å². The van der Waals surface area contributed by atoms with Crippen molar-refractivity contribution >= 4 is 17.3 Å². The summed E-state index contributed by atoms with van der Waals surface area (Å²) >= 11 is 6.42. The Hall–Kier alpha value is -0.730. The van der Waals surface area contributed by atoms with Crippen molar-refractivity contribution in [2.24, 2.45) is 0 Å². The highest BCUT2D eigenvalue weighted by Gasteiger charge is 2.19. The number of hydrogen-bond acceptors (Lipinski definition) is 2. The van der Waals surface area contributed by atoms with E-state index in [4.69, 9.17) is 11.6 Å². The van der Waals surface area contributed by atoms with Crippen LogP contribution in [0, 0.1) is 0 Å². The Morgan fingerprint density at radius 3 is 2.65 bits per heavy atom. The molecule has 3 rings (SSSR count). The van der Waals surface area contributed by atoms with Crippen LogP contribution in [0.15, 0.2) is 18.2 Å². The van der Waals surface area contributed by atoms with E-state index in [0.717, 1.165) is 24.7 Å². The number of rotatable bonds is 2. The predicted molar refractivity (Wildman–Crippen MR) is 72.9 cm³/mol. The molecule has 0 bridgehead atoms. The normalized spacial score (nSPS) is 24.5. The van der Waals surface area contributed by atoms with Crippen LogP contribution in [0.5, 0.6) is 0 Å². The summed E-state index contributed by atoms with van der Waals surface area (Å²) in [5, 5.41) is 4.43. The van der Waals surface area contributed by atoms with Crippen molar-refractivity contribution in [1.82, 2.24) is 5.32 Å². The van der Waals surface area contributed by atoms with Crippen LogP contribution in [0.4, 0.5) is 5.69 Å². The van der Waals surface area contributed by atoms with Crippen LogP contribution in [0.3, 0.4) is 0 Å². The fourth-order valence-electron chi connectivity index (χ4n) is 2.92. The summed E-state index contributed by atoms with van der Waals surface area (Å²) in [7, 11) is 0. The number of halogens is 1. The molecule has 0 spiro atoms. The maximum Gasteiger partial charge on any atom is 0.0642 e. The Morgan fingerprint density at radius 2 is 2.00 bits per heavy atom. The molecule has 2 aliphatic heterocycles. The van der Waals surface area contributed by atoms with Gasteiger partial charge in [0.2, 0.25) is 0 Å². The van der Waals surface area contributed by atoms with Crippen molar-refractivity contribution in [3.8, 4) is 0 Å². The van der Waals surface area contributed by atoms with Crippen molar-refractivity contribution in [3.05, 3.63) is 28.8 Å². The molecule has 1 atom stereocenters. The maximum atomic E-state index is 6.42. The molecule has 1 N–H and O–H groups in total. The highest BCUT2D eigenvalue weighted by Crippen LogP contribution is 2.33. The first-order valence-electron chi connectivity index (χ1n) is 6.62. The summed E-state index contributed by atoms with van der Waals surface area (Å²) in [5.41, 5.74) is 2.56. The molecule has 2 heterocycles. The second kappa shape index (κ2) is 4.87. The Morgan fingerprint density at radius 1 is 1.18 bits per heavy atom. The summed E-state index contributed by atoms with van der Waals surface area (Å²) in [6.45, 7) is 3.44. The summed E-state index contributed by atoms with van der Waals surface area (Å²) < 4.78 is 0. The summed E-state index contributed by atoms with van der Waals surface area (Å²) in [6.07, 6.45) is 5.10. The Balaban J connectivity index is 1.82. The lowest BCUT2D eigenvalue weighted by Crippen LogP contribution is -2.18. The zero-order chi connectivity index (χ0) is 11.7. The summed E-state index contributed by atoms with van der Waals surface area (Å²) in [4.78, 5) is 2.40. The Bertz CT molecular complexity index is 393. The van der Waals surface area contributed by atoms with Crippen LogP contribution in [0.1, 0.15) is 37.3 Å². The van der Waals surface area contributed by atoms with Gasteiger partial charge in [-0.1, -0.05) is 17.7 Å². The smallest absolute Gasteiger partial charge is 0.0642 e. The number of benzene rings is 1. The minimum Gasteiger partial charge on any atom is -0.370 e. The van der Waals surface area contributed by atoms with Gasteiger partial charge in [0.05, 0.1) is 10.7 Å². The van der Waals surface area contributed by atoms with Gasteiger partial charge >= 0.3 is 0 Å². The van der Waals surface area contributed by atoms with Crippen molar-refractivity contribution in [1.29, 1.82) is 0 Å². The van der Waals surface area contributed by atoms with Gasteiger partial charge in [-0.3, -0.25) is 0 Å². The quantitative estimate of drug-likeness (QED) is 0.866. The minimum atomic E-state index is 0.514. The molecule has 3 heteroatoms. The van der Waals surface area contributed by atoms with E-state index in [-0.39, 0.29) is 0 Å². The molecular formula is C14H19ClN2. The van der Waals surface area contributed by atoms with Crippen LogP contribution >= 0.6 is 11.6 Å². The van der Waals surface area contributed by atoms with E-state index in [9.17, 15) is 0 Å². The highest BCUT2D eigenvalue weighted by atomic mass is 35.5. The van der Waals surface area contributed by atoms with E-state index < -0.39 is 0 Å². The van der Waals surface area contributed by atoms with Gasteiger partial charge in [0.25, 0.3) is 0 Å². The monoisotopic (exact) mass is 250 g/mol. The fraction of sp³-hybridized carbons (Fsp3) is 0.571. The molecular weight excluding hydrogens is 232 g/mol. The van der Waals surface area contributed by atoms with Gasteiger partial charge in [0.1, 0.15) is 0 Å². The van der Waals surface area contributed by atoms with Gasteiger partial charge in [-0.25, -0.2) is 0 Å². The average molecular weight is 251 g/mol. The van der Waals surface area contributed by atoms with Crippen LogP contribution in [-0.4, -0.2) is 19.6 Å². The second-order valence-corrected chi connectivity index (χ2v) is 5.46. The van der Waals surface area contributed by atoms with Crippen molar-refractivity contribution in [2.75, 3.05) is 24.5 Å². The molecule has 0 saturated carbocycles. The van der Waals surface area contributed by atoms with Gasteiger partial charge in [-0.05, 0) is 49.9 Å². The average Bonchev–Trinajstić information content (AvgIpc) is 3.02. The van der Waals surface area contributed by atoms with E-state index in [2.05, 4.69) is 28.4 Å². The molecule has 2 aliphatic rings. The maximum absolute atomic E-state index is 6.42. The highest BCUT2D eigenvalue weighted by molar-refractivity contribution is 6.33. The molecule has 0 aromatic heterocycles. The predicted octanol–water partition coefficient (Wildman–Crippen LogP) is 3.36. The molecule has 0 amide bonds.